The highest BCUT2D eigenvalue weighted by Crippen LogP contribution is 2.18. The first-order valence-electron chi connectivity index (χ1n) is 9.59. The smallest absolute Gasteiger partial charge is 0.173 e. The van der Waals surface area contributed by atoms with E-state index in [0.717, 1.165) is 36.0 Å². The lowest BCUT2D eigenvalue weighted by atomic mass is 9.92. The summed E-state index contributed by atoms with van der Waals surface area (Å²) in [7, 11) is 2.43. The zero-order valence-corrected chi connectivity index (χ0v) is 16.0. The zero-order chi connectivity index (χ0) is 16.9. The first-order valence-corrected chi connectivity index (χ1v) is 10.0. The van der Waals surface area contributed by atoms with E-state index in [2.05, 4.69) is 48.5 Å². The molecule has 0 spiro atoms. The van der Waals surface area contributed by atoms with Gasteiger partial charge in [-0.25, -0.2) is 0 Å². The van der Waals surface area contributed by atoms with E-state index in [1.165, 1.54) is 50.5 Å². The molecule has 132 valence electrons. The maximum atomic E-state index is 5.64. The Kier molecular flexibility index (Phi) is 6.12. The third-order valence-corrected chi connectivity index (χ3v) is 6.30. The molecule has 1 aliphatic heterocycles. The van der Waals surface area contributed by atoms with Crippen molar-refractivity contribution in [3.63, 3.8) is 0 Å². The van der Waals surface area contributed by atoms with Gasteiger partial charge in [0.15, 0.2) is 5.11 Å². The Morgan fingerprint density at radius 1 is 1.08 bits per heavy atom. The molecule has 0 amide bonds. The largest absolute Gasteiger partial charge is 0.349 e. The van der Waals surface area contributed by atoms with Gasteiger partial charge in [0.1, 0.15) is 0 Å². The molecule has 0 bridgehead atoms. The highest BCUT2D eigenvalue weighted by Gasteiger charge is 2.31. The fourth-order valence-electron chi connectivity index (χ4n) is 4.35. The van der Waals surface area contributed by atoms with Gasteiger partial charge in [-0.2, -0.15) is 0 Å². The molecular weight excluding hydrogens is 314 g/mol. The van der Waals surface area contributed by atoms with Gasteiger partial charge in [0, 0.05) is 31.6 Å². The van der Waals surface area contributed by atoms with Crippen LogP contribution in [0.3, 0.4) is 0 Å². The molecule has 3 rings (SSSR count). The fraction of sp³-hybridized carbons (Fsp3) is 0.650. The molecule has 1 aliphatic carbocycles. The minimum Gasteiger partial charge on any atom is -0.349 e. The van der Waals surface area contributed by atoms with Gasteiger partial charge in [-0.05, 0) is 62.5 Å². The topological polar surface area (TPSA) is 19.7 Å². The van der Waals surface area contributed by atoms with Gasteiger partial charge in [0.25, 0.3) is 0 Å². The molecule has 1 atom stereocenters. The molecule has 2 aliphatic rings. The number of rotatable bonds is 3. The lowest BCUT2D eigenvalue weighted by molar-refractivity contribution is -0.933. The van der Waals surface area contributed by atoms with Crippen LogP contribution in [0.1, 0.15) is 50.5 Å². The number of nitrogens with zero attached hydrogens (tertiary/aromatic N) is 1. The van der Waals surface area contributed by atoms with Gasteiger partial charge >= 0.3 is 0 Å². The normalized spacial score (nSPS) is 21.5. The molecule has 1 saturated carbocycles. The van der Waals surface area contributed by atoms with Crippen molar-refractivity contribution in [3.05, 3.63) is 29.8 Å². The van der Waals surface area contributed by atoms with Crippen molar-refractivity contribution in [2.45, 2.75) is 64.0 Å². The molecule has 1 aromatic carbocycles. The van der Waals surface area contributed by atoms with Gasteiger partial charge in [-0.3, -0.25) is 0 Å². The Morgan fingerprint density at radius 3 is 2.42 bits per heavy atom. The Balaban J connectivity index is 1.48. The van der Waals surface area contributed by atoms with Gasteiger partial charge in [0.05, 0.1) is 19.1 Å². The molecule has 1 heterocycles. The van der Waals surface area contributed by atoms with Crippen LogP contribution in [-0.2, 0) is 0 Å². The summed E-state index contributed by atoms with van der Waals surface area (Å²) in [5.41, 5.74) is 2.37. The molecule has 0 radical (unpaired) electrons. The van der Waals surface area contributed by atoms with Crippen molar-refractivity contribution in [2.75, 3.05) is 25.5 Å². The maximum Gasteiger partial charge on any atom is 0.173 e. The fourth-order valence-corrected chi connectivity index (χ4v) is 4.65. The zero-order valence-electron chi connectivity index (χ0n) is 15.2. The van der Waals surface area contributed by atoms with Crippen LogP contribution in [0.5, 0.6) is 0 Å². The van der Waals surface area contributed by atoms with Crippen LogP contribution in [0.2, 0.25) is 0 Å². The second kappa shape index (κ2) is 8.30. The molecule has 4 heteroatoms. The van der Waals surface area contributed by atoms with Gasteiger partial charge in [-0.1, -0.05) is 18.6 Å². The average Bonchev–Trinajstić information content (AvgIpc) is 2.62. The quantitative estimate of drug-likeness (QED) is 0.821. The van der Waals surface area contributed by atoms with Crippen molar-refractivity contribution < 1.29 is 4.90 Å². The number of anilines is 1. The van der Waals surface area contributed by atoms with Crippen LogP contribution in [0.15, 0.2) is 24.3 Å². The minimum atomic E-state index is 0.811. The molecule has 0 aromatic heterocycles. The highest BCUT2D eigenvalue weighted by molar-refractivity contribution is 7.80. The van der Waals surface area contributed by atoms with E-state index in [-0.39, 0.29) is 0 Å². The van der Waals surface area contributed by atoms with Crippen LogP contribution in [0.25, 0.3) is 0 Å². The van der Waals surface area contributed by atoms with Gasteiger partial charge in [-0.15, -0.1) is 0 Å². The Labute approximate surface area is 152 Å². The predicted octanol–water partition coefficient (Wildman–Crippen LogP) is 3.00. The van der Waals surface area contributed by atoms with Crippen LogP contribution in [-0.4, -0.2) is 42.2 Å². The minimum absolute atomic E-state index is 0.811. The number of benzene rings is 1. The van der Waals surface area contributed by atoms with Crippen molar-refractivity contribution in [2.24, 2.45) is 0 Å². The van der Waals surface area contributed by atoms with Crippen molar-refractivity contribution in [3.8, 4) is 0 Å². The number of aryl methyl sites for hydroxylation is 1. The number of hydrogen-bond acceptors (Lipinski definition) is 1. The second-order valence-corrected chi connectivity index (χ2v) is 8.03. The Morgan fingerprint density at radius 2 is 1.75 bits per heavy atom. The summed E-state index contributed by atoms with van der Waals surface area (Å²) in [5, 5.41) is 4.29. The number of nitrogens with one attached hydrogen (secondary N) is 2. The van der Waals surface area contributed by atoms with Gasteiger partial charge < -0.3 is 15.1 Å². The standard InChI is InChI=1S/C20H31N3S/c1-16-7-6-8-17(15-16)21-20(24)23-13-11-19(12-14-23)22(2)18-9-4-3-5-10-18/h6-8,15,18-19H,3-5,9-14H2,1-2H3,(H,21,24)/p+1. The van der Waals surface area contributed by atoms with Crippen LogP contribution < -0.4 is 10.2 Å². The highest BCUT2D eigenvalue weighted by atomic mass is 32.1. The first-order chi connectivity index (χ1) is 11.6. The molecule has 1 aromatic rings. The summed E-state index contributed by atoms with van der Waals surface area (Å²) >= 11 is 5.64. The van der Waals surface area contributed by atoms with E-state index in [9.17, 15) is 0 Å². The first kappa shape index (κ1) is 17.7. The van der Waals surface area contributed by atoms with E-state index in [1.807, 2.05) is 0 Å². The summed E-state index contributed by atoms with van der Waals surface area (Å²) in [6, 6.07) is 10.1. The van der Waals surface area contributed by atoms with Crippen molar-refractivity contribution in [1.29, 1.82) is 0 Å². The van der Waals surface area contributed by atoms with E-state index in [1.54, 1.807) is 4.90 Å². The summed E-state index contributed by atoms with van der Waals surface area (Å²) in [6.07, 6.45) is 9.70. The lowest BCUT2D eigenvalue weighted by Gasteiger charge is -2.39. The van der Waals surface area contributed by atoms with E-state index in [0.29, 0.717) is 0 Å². The van der Waals surface area contributed by atoms with E-state index in [4.69, 9.17) is 12.2 Å². The second-order valence-electron chi connectivity index (χ2n) is 7.64. The summed E-state index contributed by atoms with van der Waals surface area (Å²) in [5.74, 6) is 0. The monoisotopic (exact) mass is 346 g/mol. The summed E-state index contributed by atoms with van der Waals surface area (Å²) in [4.78, 5) is 4.13. The van der Waals surface area contributed by atoms with Crippen LogP contribution in [0, 0.1) is 6.92 Å². The number of piperidine rings is 1. The molecule has 1 saturated heterocycles. The number of hydrogen-bond donors (Lipinski definition) is 2. The molecule has 3 nitrogen and oxygen atoms in total. The Hall–Kier alpha value is -1.13. The average molecular weight is 347 g/mol. The SMILES string of the molecule is Cc1cccc(NC(=S)N2CCC([NH+](C)C3CCCCC3)CC2)c1. The molecular formula is C20H32N3S+. The van der Waals surface area contributed by atoms with E-state index < -0.39 is 0 Å². The van der Waals surface area contributed by atoms with Crippen LogP contribution >= 0.6 is 12.2 Å². The third kappa shape index (κ3) is 4.48. The maximum absolute atomic E-state index is 5.64. The third-order valence-electron chi connectivity index (χ3n) is 5.94. The predicted molar refractivity (Wildman–Crippen MR) is 106 cm³/mol. The number of thiocarbonyl (C=S) groups is 1. The summed E-state index contributed by atoms with van der Waals surface area (Å²) in [6.45, 7) is 4.29. The lowest BCUT2D eigenvalue weighted by Crippen LogP contribution is -3.17. The molecule has 2 fully saturated rings. The van der Waals surface area contributed by atoms with Crippen LogP contribution in [0.4, 0.5) is 5.69 Å². The number of quaternary nitrogens is 1. The van der Waals surface area contributed by atoms with Crippen molar-refractivity contribution in [1.82, 2.24) is 4.90 Å². The van der Waals surface area contributed by atoms with Crippen molar-refractivity contribution >= 4 is 23.0 Å². The van der Waals surface area contributed by atoms with Gasteiger partial charge in [0.2, 0.25) is 0 Å². The number of likely N-dealkylation sites (tertiary alicyclic amines) is 1. The molecule has 2 N–H and O–H groups in total. The Bertz CT molecular complexity index is 546. The molecule has 24 heavy (non-hydrogen) atoms. The summed E-state index contributed by atoms with van der Waals surface area (Å²) < 4.78 is 0. The molecule has 1 unspecified atom stereocenters. The van der Waals surface area contributed by atoms with E-state index >= 15 is 0 Å².